The highest BCUT2D eigenvalue weighted by molar-refractivity contribution is 8.01. The Bertz CT molecular complexity index is 1390. The van der Waals surface area contributed by atoms with Gasteiger partial charge in [0.15, 0.2) is 5.69 Å². The van der Waals surface area contributed by atoms with Gasteiger partial charge in [0.2, 0.25) is 5.13 Å². The second kappa shape index (κ2) is 10.4. The molecule has 2 aromatic carbocycles. The molecule has 0 unspecified atom stereocenters. The highest BCUT2D eigenvalue weighted by Crippen LogP contribution is 2.45. The number of halogens is 6. The summed E-state index contributed by atoms with van der Waals surface area (Å²) in [5.74, 6) is -1.13. The number of aromatic nitrogens is 3. The number of carbonyl (C=O) groups excluding carboxylic acids is 1. The van der Waals surface area contributed by atoms with E-state index in [-0.39, 0.29) is 16.8 Å². The summed E-state index contributed by atoms with van der Waals surface area (Å²) in [4.78, 5) is 17.4. The molecule has 4 aromatic rings. The molecule has 2 heterocycles. The zero-order chi connectivity index (χ0) is 25.3. The average Bonchev–Trinajstić information content (AvgIpc) is 3.40. The minimum absolute atomic E-state index is 0.0837. The minimum atomic E-state index is -4.90. The Balaban J connectivity index is 1.89. The first-order valence-corrected chi connectivity index (χ1v) is 12.6. The lowest BCUT2D eigenvalue weighted by atomic mass is 10.2. The lowest BCUT2D eigenvalue weighted by Gasteiger charge is -2.10. The molecule has 0 amide bonds. The SMILES string of the molecule is CCOC(=O)c1cnn(-c2nc(-c3ccc(Cl)cc3Cl)c(Sc3ccc(Cl)cc3)s2)c1C(F)(F)F. The van der Waals surface area contributed by atoms with E-state index in [1.165, 1.54) is 24.8 Å². The molecule has 0 spiro atoms. The van der Waals surface area contributed by atoms with E-state index in [2.05, 4.69) is 10.1 Å². The summed E-state index contributed by atoms with van der Waals surface area (Å²) in [6.07, 6.45) is -4.07. The number of esters is 1. The molecule has 0 fully saturated rings. The second-order valence-corrected chi connectivity index (χ2v) is 10.4. The monoisotopic (exact) mass is 577 g/mol. The number of alkyl halides is 3. The summed E-state index contributed by atoms with van der Waals surface area (Å²) in [6.45, 7) is 1.42. The smallest absolute Gasteiger partial charge is 0.434 e. The van der Waals surface area contributed by atoms with Crippen molar-refractivity contribution in [2.24, 2.45) is 0 Å². The summed E-state index contributed by atoms with van der Waals surface area (Å²) in [7, 11) is 0. The minimum Gasteiger partial charge on any atom is -0.462 e. The normalized spacial score (nSPS) is 11.6. The summed E-state index contributed by atoms with van der Waals surface area (Å²) >= 11 is 20.6. The molecule has 13 heteroatoms. The third-order valence-electron chi connectivity index (χ3n) is 4.51. The predicted octanol–water partition coefficient (Wildman–Crippen LogP) is 8.30. The van der Waals surface area contributed by atoms with Crippen molar-refractivity contribution < 1.29 is 22.7 Å². The van der Waals surface area contributed by atoms with Crippen LogP contribution >= 0.6 is 57.9 Å². The standard InChI is InChI=1S/C22H13Cl3F3N3O2S2/c1-2-33-19(32)15-10-29-31(18(15)22(26,27)28)21-30-17(14-8-5-12(24)9-16(14)25)20(35-21)34-13-6-3-11(23)4-7-13/h3-10H,2H2,1H3. The number of nitrogens with zero attached hydrogens (tertiary/aromatic N) is 3. The maximum atomic E-state index is 14.0. The Morgan fingerprint density at radius 1 is 1.11 bits per heavy atom. The van der Waals surface area contributed by atoms with Crippen LogP contribution in [-0.4, -0.2) is 27.3 Å². The van der Waals surface area contributed by atoms with Gasteiger partial charge in [-0.05, 0) is 49.4 Å². The summed E-state index contributed by atoms with van der Waals surface area (Å²) < 4.78 is 47.9. The molecule has 0 bridgehead atoms. The van der Waals surface area contributed by atoms with E-state index in [0.29, 0.717) is 30.2 Å². The van der Waals surface area contributed by atoms with E-state index in [9.17, 15) is 18.0 Å². The van der Waals surface area contributed by atoms with E-state index in [0.717, 1.165) is 22.4 Å². The summed E-state index contributed by atoms with van der Waals surface area (Å²) in [5, 5.41) is 4.93. The van der Waals surface area contributed by atoms with Gasteiger partial charge in [-0.2, -0.15) is 18.3 Å². The van der Waals surface area contributed by atoms with Gasteiger partial charge in [-0.15, -0.1) is 0 Å². The maximum Gasteiger partial charge on any atom is 0.434 e. The van der Waals surface area contributed by atoms with Gasteiger partial charge in [-0.3, -0.25) is 0 Å². The number of rotatable bonds is 6. The van der Waals surface area contributed by atoms with Gasteiger partial charge in [0.25, 0.3) is 0 Å². The van der Waals surface area contributed by atoms with Gasteiger partial charge in [-0.1, -0.05) is 57.9 Å². The van der Waals surface area contributed by atoms with Crippen molar-refractivity contribution in [1.82, 2.24) is 14.8 Å². The molecule has 4 rings (SSSR count). The van der Waals surface area contributed by atoms with Crippen LogP contribution in [0.1, 0.15) is 23.0 Å². The Kier molecular flexibility index (Phi) is 7.68. The molecule has 2 aromatic heterocycles. The van der Waals surface area contributed by atoms with Crippen molar-refractivity contribution in [3.8, 4) is 16.4 Å². The number of benzene rings is 2. The van der Waals surface area contributed by atoms with Crippen LogP contribution in [0.3, 0.4) is 0 Å². The molecule has 5 nitrogen and oxygen atoms in total. The van der Waals surface area contributed by atoms with Gasteiger partial charge in [-0.25, -0.2) is 14.5 Å². The fourth-order valence-electron chi connectivity index (χ4n) is 3.04. The van der Waals surface area contributed by atoms with E-state index in [4.69, 9.17) is 39.5 Å². The second-order valence-electron chi connectivity index (χ2n) is 6.85. The fraction of sp³-hybridized carbons (Fsp3) is 0.136. The number of ether oxygens (including phenoxy) is 1. The van der Waals surface area contributed by atoms with Crippen molar-refractivity contribution in [1.29, 1.82) is 0 Å². The Morgan fingerprint density at radius 3 is 2.43 bits per heavy atom. The first-order chi connectivity index (χ1) is 16.6. The first kappa shape index (κ1) is 25.8. The van der Waals surface area contributed by atoms with E-state index in [1.807, 2.05) is 0 Å². The molecule has 0 aliphatic heterocycles. The average molecular weight is 579 g/mol. The van der Waals surface area contributed by atoms with Crippen molar-refractivity contribution in [3.05, 3.63) is 75.0 Å². The fourth-order valence-corrected chi connectivity index (χ4v) is 5.86. The molecule has 0 N–H and O–H groups in total. The van der Waals surface area contributed by atoms with Gasteiger partial charge >= 0.3 is 12.1 Å². The number of hydrogen-bond acceptors (Lipinski definition) is 6. The third kappa shape index (κ3) is 5.62. The van der Waals surface area contributed by atoms with E-state index >= 15 is 0 Å². The molecule has 0 atom stereocenters. The lowest BCUT2D eigenvalue weighted by molar-refractivity contribution is -0.143. The van der Waals surface area contributed by atoms with Crippen LogP contribution in [0.15, 0.2) is 57.8 Å². The molecular formula is C22H13Cl3F3N3O2S2. The quantitative estimate of drug-likeness (QED) is 0.215. The molecular weight excluding hydrogens is 566 g/mol. The molecule has 0 saturated heterocycles. The lowest BCUT2D eigenvalue weighted by Crippen LogP contribution is -2.18. The van der Waals surface area contributed by atoms with Crippen molar-refractivity contribution in [2.45, 2.75) is 22.2 Å². The van der Waals surface area contributed by atoms with Gasteiger partial charge in [0.1, 0.15) is 5.56 Å². The van der Waals surface area contributed by atoms with Crippen molar-refractivity contribution >= 4 is 63.9 Å². The number of hydrogen-bond donors (Lipinski definition) is 0. The van der Waals surface area contributed by atoms with Crippen LogP contribution in [0.25, 0.3) is 16.4 Å². The zero-order valence-corrected chi connectivity index (χ0v) is 21.5. The summed E-state index contributed by atoms with van der Waals surface area (Å²) in [5.41, 5.74) is -1.16. The number of carbonyl (C=O) groups is 1. The largest absolute Gasteiger partial charge is 0.462 e. The van der Waals surface area contributed by atoms with Crippen LogP contribution in [0.4, 0.5) is 13.2 Å². The van der Waals surface area contributed by atoms with Crippen LogP contribution in [0.5, 0.6) is 0 Å². The van der Waals surface area contributed by atoms with Crippen LogP contribution < -0.4 is 0 Å². The topological polar surface area (TPSA) is 57.0 Å². The highest BCUT2D eigenvalue weighted by Gasteiger charge is 2.42. The van der Waals surface area contributed by atoms with Gasteiger partial charge in [0.05, 0.1) is 27.7 Å². The Morgan fingerprint density at radius 2 is 1.80 bits per heavy atom. The van der Waals surface area contributed by atoms with Gasteiger partial charge in [0, 0.05) is 20.5 Å². The van der Waals surface area contributed by atoms with Crippen LogP contribution in [0.2, 0.25) is 15.1 Å². The van der Waals surface area contributed by atoms with Crippen LogP contribution in [-0.2, 0) is 10.9 Å². The van der Waals surface area contributed by atoms with Crippen LogP contribution in [0, 0.1) is 0 Å². The van der Waals surface area contributed by atoms with E-state index < -0.39 is 23.4 Å². The molecule has 0 aliphatic rings. The molecule has 0 aliphatic carbocycles. The predicted molar refractivity (Wildman–Crippen MR) is 131 cm³/mol. The molecule has 0 saturated carbocycles. The van der Waals surface area contributed by atoms with Crippen molar-refractivity contribution in [3.63, 3.8) is 0 Å². The van der Waals surface area contributed by atoms with Gasteiger partial charge < -0.3 is 4.74 Å². The molecule has 0 radical (unpaired) electrons. The Labute approximate surface area is 220 Å². The van der Waals surface area contributed by atoms with E-state index in [1.54, 1.807) is 36.4 Å². The highest BCUT2D eigenvalue weighted by atomic mass is 35.5. The molecule has 35 heavy (non-hydrogen) atoms. The Hall–Kier alpha value is -2.24. The van der Waals surface area contributed by atoms with Crippen molar-refractivity contribution in [2.75, 3.05) is 6.61 Å². The maximum absolute atomic E-state index is 14.0. The number of thiazole rings is 1. The molecule has 182 valence electrons. The summed E-state index contributed by atoms with van der Waals surface area (Å²) in [6, 6.07) is 11.7. The first-order valence-electron chi connectivity index (χ1n) is 9.81. The zero-order valence-electron chi connectivity index (χ0n) is 17.6. The third-order valence-corrected chi connectivity index (χ3v) is 7.52.